The SMILES string of the molecule is OO.[CaH2].[PbH2].[PbH2]. The quantitative estimate of drug-likeness (QED) is 0.218. The summed E-state index contributed by atoms with van der Waals surface area (Å²) in [5.41, 5.74) is 0. The molecule has 0 amide bonds. The summed E-state index contributed by atoms with van der Waals surface area (Å²) in [5.74, 6) is 0. The van der Waals surface area contributed by atoms with Crippen molar-refractivity contribution in [3.8, 4) is 0 Å². The zero-order valence-corrected chi connectivity index (χ0v) is 13.3. The van der Waals surface area contributed by atoms with Gasteiger partial charge in [0.2, 0.25) is 0 Å². The van der Waals surface area contributed by atoms with E-state index in [2.05, 4.69) is 0 Å². The van der Waals surface area contributed by atoms with E-state index in [1.807, 2.05) is 0 Å². The van der Waals surface area contributed by atoms with Crippen LogP contribution in [0.15, 0.2) is 0 Å². The van der Waals surface area contributed by atoms with Gasteiger partial charge in [0.25, 0.3) is 0 Å². The molecular weight excluding hydrogens is 486 g/mol. The van der Waals surface area contributed by atoms with E-state index in [9.17, 15) is 0 Å². The Balaban J connectivity index is -0.00000000167. The van der Waals surface area contributed by atoms with E-state index in [-0.39, 0.29) is 92.3 Å². The number of hydrogen-bond acceptors (Lipinski definition) is 2. The summed E-state index contributed by atoms with van der Waals surface area (Å²) in [4.78, 5) is 0. The van der Waals surface area contributed by atoms with E-state index in [1.165, 1.54) is 0 Å². The fraction of sp³-hybridized carbons (Fsp3) is 0. The predicted molar refractivity (Wildman–Crippen MR) is 30.9 cm³/mol. The van der Waals surface area contributed by atoms with Crippen LogP contribution in [0.25, 0.3) is 0 Å². The predicted octanol–water partition coefficient (Wildman–Crippen LogP) is -2.73. The number of rotatable bonds is 0. The summed E-state index contributed by atoms with van der Waals surface area (Å²) in [6, 6.07) is 0. The van der Waals surface area contributed by atoms with Gasteiger partial charge in [0, 0.05) is 0 Å². The maximum absolute atomic E-state index is 6.00. The second-order valence-corrected chi connectivity index (χ2v) is 0. The summed E-state index contributed by atoms with van der Waals surface area (Å²) < 4.78 is 0. The molecule has 0 heterocycles. The van der Waals surface area contributed by atoms with E-state index in [4.69, 9.17) is 10.5 Å². The van der Waals surface area contributed by atoms with Crippen LogP contribution in [0, 0.1) is 0 Å². The van der Waals surface area contributed by atoms with E-state index in [0.717, 1.165) is 0 Å². The average Bonchev–Trinajstić information content (AvgIpc) is 1.00. The van der Waals surface area contributed by atoms with Crippen molar-refractivity contribution in [2.45, 2.75) is 0 Å². The zero-order valence-electron chi connectivity index (χ0n) is 2.31. The molecule has 2 N–H and O–H groups in total. The van der Waals surface area contributed by atoms with Gasteiger partial charge in [0.1, 0.15) is 0 Å². The Bertz CT molecular complexity index is 7.61. The van der Waals surface area contributed by atoms with Crippen molar-refractivity contribution in [1.82, 2.24) is 0 Å². The third kappa shape index (κ3) is 19.4. The van der Waals surface area contributed by atoms with Crippen LogP contribution in [0.1, 0.15) is 0 Å². The van der Waals surface area contributed by atoms with E-state index < -0.39 is 0 Å². The molecule has 0 unspecified atom stereocenters. The third-order valence-electron chi connectivity index (χ3n) is 0. The Hall–Kier alpha value is 3.02. The Morgan fingerprint density at radius 2 is 0.800 bits per heavy atom. The molecule has 0 spiro atoms. The van der Waals surface area contributed by atoms with E-state index in [0.29, 0.717) is 0 Å². The van der Waals surface area contributed by atoms with Gasteiger partial charge >= 0.3 is 92.3 Å². The van der Waals surface area contributed by atoms with Crippen molar-refractivity contribution in [3.05, 3.63) is 0 Å². The van der Waals surface area contributed by atoms with Crippen LogP contribution in [0.3, 0.4) is 0 Å². The Kier molecular flexibility index (Phi) is 136. The summed E-state index contributed by atoms with van der Waals surface area (Å²) in [6.45, 7) is 0. The molecule has 0 aliphatic carbocycles. The molecule has 0 aliphatic heterocycles. The first kappa shape index (κ1) is 24.4. The Morgan fingerprint density at radius 1 is 0.800 bits per heavy atom. The molecule has 30 valence electrons. The first-order valence-corrected chi connectivity index (χ1v) is 0.200. The minimum atomic E-state index is 0. The van der Waals surface area contributed by atoms with Gasteiger partial charge in [-0.3, -0.25) is 10.5 Å². The molecule has 0 aromatic rings. The molecule has 0 fully saturated rings. The van der Waals surface area contributed by atoms with Gasteiger partial charge in [-0.25, -0.2) is 0 Å². The summed E-state index contributed by atoms with van der Waals surface area (Å²) in [7, 11) is 0. The van der Waals surface area contributed by atoms with Crippen LogP contribution in [-0.2, 0) is 0 Å². The van der Waals surface area contributed by atoms with Crippen molar-refractivity contribution in [1.29, 1.82) is 0 Å². The third-order valence-corrected chi connectivity index (χ3v) is 0. The van der Waals surface area contributed by atoms with Gasteiger partial charge in [-0.05, 0) is 0 Å². The monoisotopic (exact) mass is 496 g/mol. The topological polar surface area (TPSA) is 40.5 Å². The fourth-order valence-electron chi connectivity index (χ4n) is 0. The van der Waals surface area contributed by atoms with Crippen LogP contribution in [0.2, 0.25) is 0 Å². The van der Waals surface area contributed by atoms with Crippen LogP contribution in [0.4, 0.5) is 0 Å². The van der Waals surface area contributed by atoms with Crippen molar-refractivity contribution in [3.63, 3.8) is 0 Å². The molecule has 4 radical (unpaired) electrons. The normalized spacial score (nSPS) is 1.20. The van der Waals surface area contributed by atoms with Gasteiger partial charge in [-0.2, -0.15) is 0 Å². The summed E-state index contributed by atoms with van der Waals surface area (Å²) in [5, 5.41) is 12.0. The molecule has 0 bridgehead atoms. The minimum absolute atomic E-state index is 0. The van der Waals surface area contributed by atoms with Crippen LogP contribution in [0.5, 0.6) is 0 Å². The van der Waals surface area contributed by atoms with Gasteiger partial charge < -0.3 is 0 Å². The molecular formula is H8CaO2Pb2. The molecule has 0 aromatic heterocycles. The van der Waals surface area contributed by atoms with Crippen LogP contribution in [-0.4, -0.2) is 103 Å². The van der Waals surface area contributed by atoms with E-state index >= 15 is 0 Å². The number of hydrogen-bond donors (Lipinski definition) is 2. The summed E-state index contributed by atoms with van der Waals surface area (Å²) >= 11 is 0. The fourth-order valence-corrected chi connectivity index (χ4v) is 0. The van der Waals surface area contributed by atoms with E-state index in [1.54, 1.807) is 0 Å². The van der Waals surface area contributed by atoms with Gasteiger partial charge in [0.15, 0.2) is 0 Å². The van der Waals surface area contributed by atoms with Crippen molar-refractivity contribution >= 4 is 92.3 Å². The van der Waals surface area contributed by atoms with Crippen LogP contribution < -0.4 is 0 Å². The molecule has 2 nitrogen and oxygen atoms in total. The maximum atomic E-state index is 6.00. The zero-order chi connectivity index (χ0) is 2.00. The standard InChI is InChI=1S/Ca.H2O2.2Pb.6H/c;1-2;;;;;;;;/h;1-2H;;;;;;;;. The summed E-state index contributed by atoms with van der Waals surface area (Å²) in [6.07, 6.45) is 0. The average molecular weight is 495 g/mol. The molecule has 5 heteroatoms. The van der Waals surface area contributed by atoms with Crippen molar-refractivity contribution in [2.75, 3.05) is 0 Å². The van der Waals surface area contributed by atoms with Crippen LogP contribution >= 0.6 is 0 Å². The van der Waals surface area contributed by atoms with Gasteiger partial charge in [-0.1, -0.05) is 0 Å². The first-order valence-electron chi connectivity index (χ1n) is 0.200. The Morgan fingerprint density at radius 3 is 0.800 bits per heavy atom. The van der Waals surface area contributed by atoms with Gasteiger partial charge in [-0.15, -0.1) is 0 Å². The molecule has 0 aliphatic rings. The van der Waals surface area contributed by atoms with Crippen molar-refractivity contribution < 1.29 is 10.5 Å². The molecule has 0 atom stereocenters. The molecule has 0 saturated heterocycles. The molecule has 0 rings (SSSR count). The molecule has 0 aromatic carbocycles. The molecule has 0 saturated carbocycles. The second kappa shape index (κ2) is 27.9. The second-order valence-electron chi connectivity index (χ2n) is 0. The van der Waals surface area contributed by atoms with Crippen molar-refractivity contribution in [2.24, 2.45) is 0 Å². The Labute approximate surface area is 101 Å². The van der Waals surface area contributed by atoms with Gasteiger partial charge in [0.05, 0.1) is 0 Å². The first-order chi connectivity index (χ1) is 1.00. The molecule has 5 heavy (non-hydrogen) atoms.